The summed E-state index contributed by atoms with van der Waals surface area (Å²) in [5.41, 5.74) is 23.2. The van der Waals surface area contributed by atoms with Crippen LogP contribution in [0.1, 0.15) is 64.0 Å². The van der Waals surface area contributed by atoms with Crippen LogP contribution in [-0.4, -0.2) is 148 Å². The number of aliphatic hydroxyl groups excluding tert-OH is 1. The predicted molar refractivity (Wildman–Crippen MR) is 267 cm³/mol. The van der Waals surface area contributed by atoms with E-state index in [1.54, 1.807) is 44.2 Å². The first-order valence-electron chi connectivity index (χ1n) is 22.8. The van der Waals surface area contributed by atoms with Crippen molar-refractivity contribution in [3.8, 4) is 5.75 Å². The van der Waals surface area contributed by atoms with Gasteiger partial charge in [-0.15, -0.1) is 0 Å². The number of carbonyl (C=O) groups is 9. The summed E-state index contributed by atoms with van der Waals surface area (Å²) in [7, 11) is 2.06. The molecule has 7 atom stereocenters. The number of hydrogen-bond donors (Lipinski definition) is 14. The quantitative estimate of drug-likeness (QED) is 0.0282. The number of carbonyl (C=O) groups excluding carboxylic acids is 9. The van der Waals surface area contributed by atoms with Gasteiger partial charge in [-0.1, -0.05) is 64.1 Å². The molecule has 0 aromatic heterocycles. The fraction of sp³-hybridized carbons (Fsp3) is 0.511. The zero-order valence-corrected chi connectivity index (χ0v) is 41.5. The Morgan fingerprint density at radius 3 is 1.99 bits per heavy atom. The van der Waals surface area contributed by atoms with E-state index >= 15 is 0 Å². The Morgan fingerprint density at radius 1 is 0.775 bits per heavy atom. The summed E-state index contributed by atoms with van der Waals surface area (Å²) in [6.45, 7) is 3.17. The molecular formula is C45H67N13O11S2. The van der Waals surface area contributed by atoms with Crippen molar-refractivity contribution in [2.45, 2.75) is 113 Å². The van der Waals surface area contributed by atoms with E-state index in [0.717, 1.165) is 21.6 Å². The molecule has 26 heteroatoms. The van der Waals surface area contributed by atoms with Crippen LogP contribution < -0.4 is 65.5 Å². The SMILES string of the molecule is CC(=O)N[C@@H]1C(=O)N[C@@H](Cc2ccc(O)cc2)C(=O)NCC(=O)N[C@@H](CO)C(=O)N[C@H](Cc2ccccc2)C(=O)N[C@@H](C(=O)N[C@@H](CCCCN)C(=O)N[C@@H](CCCN=C(N)N)C(N)=O)CSSC1(C)C. The molecule has 71 heavy (non-hydrogen) atoms. The molecule has 0 spiro atoms. The third-order valence-electron chi connectivity index (χ3n) is 10.8. The van der Waals surface area contributed by atoms with Crippen LogP contribution in [0.3, 0.4) is 0 Å². The van der Waals surface area contributed by atoms with Crippen LogP contribution in [0, 0.1) is 0 Å². The van der Waals surface area contributed by atoms with E-state index in [0.29, 0.717) is 24.0 Å². The first-order chi connectivity index (χ1) is 33.6. The number of aliphatic imine (C=N–C) groups is 1. The number of phenols is 1. The Labute approximate surface area is 419 Å². The number of benzene rings is 2. The van der Waals surface area contributed by atoms with E-state index in [4.69, 9.17) is 22.9 Å². The summed E-state index contributed by atoms with van der Waals surface area (Å²) in [5.74, 6) is -8.02. The highest BCUT2D eigenvalue weighted by Gasteiger charge is 2.40. The molecule has 1 aliphatic rings. The standard InChI is InChI=1S/C45H67N13O11S2/c1-25(60)52-36-43(69)57-31(21-27-14-16-28(61)17-15-27)38(64)51-22-35(62)53-33(23-59)41(67)56-32(20-26-10-5-4-6-11-26)40(66)58-34(24-70-71-45(36,2)3)42(68)55-30(12-7-8-18-46)39(65)54-29(37(47)63)13-9-19-50-44(48)49/h4-6,10-11,14-17,29-34,36,59,61H,7-9,12-13,18-24,46H2,1-3H3,(H2,47,63)(H,51,64)(H,52,60)(H,53,62)(H,54,65)(H,55,68)(H,56,67)(H,57,69)(H,58,66)(H4,48,49,50)/t29-,30-,31-,32+,33-,34+,36+/m0/s1. The van der Waals surface area contributed by atoms with Gasteiger partial charge < -0.3 is 75.7 Å². The molecule has 9 amide bonds. The molecule has 2 aromatic carbocycles. The van der Waals surface area contributed by atoms with Crippen molar-refractivity contribution in [3.05, 3.63) is 65.7 Å². The number of aromatic hydroxyl groups is 1. The van der Waals surface area contributed by atoms with Gasteiger partial charge in [0.15, 0.2) is 5.96 Å². The highest BCUT2D eigenvalue weighted by atomic mass is 33.1. The average Bonchev–Trinajstić information content (AvgIpc) is 3.31. The molecule has 24 nitrogen and oxygen atoms in total. The molecule has 3 rings (SSSR count). The van der Waals surface area contributed by atoms with Crippen molar-refractivity contribution < 1.29 is 53.4 Å². The van der Waals surface area contributed by atoms with E-state index < -0.39 is 113 Å². The fourth-order valence-corrected chi connectivity index (χ4v) is 9.82. The van der Waals surface area contributed by atoms with Crippen LogP contribution >= 0.6 is 21.6 Å². The Bertz CT molecular complexity index is 2180. The van der Waals surface area contributed by atoms with Crippen molar-refractivity contribution in [2.75, 3.05) is 32.0 Å². The highest BCUT2D eigenvalue weighted by Crippen LogP contribution is 2.39. The number of nitrogens with two attached hydrogens (primary N) is 4. The second kappa shape index (κ2) is 29.5. The molecule has 0 aliphatic carbocycles. The summed E-state index contributed by atoms with van der Waals surface area (Å²) < 4.78 is -1.23. The van der Waals surface area contributed by atoms with E-state index in [2.05, 4.69) is 47.5 Å². The highest BCUT2D eigenvalue weighted by molar-refractivity contribution is 8.77. The third kappa shape index (κ3) is 20.7. The van der Waals surface area contributed by atoms with Gasteiger partial charge in [-0.25, -0.2) is 0 Å². The van der Waals surface area contributed by atoms with Crippen molar-refractivity contribution >= 4 is 80.7 Å². The van der Waals surface area contributed by atoms with E-state index in [1.807, 2.05) is 0 Å². The molecule has 0 bridgehead atoms. The van der Waals surface area contributed by atoms with Crippen molar-refractivity contribution in [2.24, 2.45) is 27.9 Å². The van der Waals surface area contributed by atoms with Crippen LogP contribution in [0.15, 0.2) is 59.6 Å². The number of phenolic OH excluding ortho intramolecular Hbond substituents is 1. The monoisotopic (exact) mass is 1030 g/mol. The third-order valence-corrected chi connectivity index (χ3v) is 14.1. The van der Waals surface area contributed by atoms with Crippen LogP contribution in [0.25, 0.3) is 0 Å². The van der Waals surface area contributed by atoms with E-state index in [1.165, 1.54) is 31.2 Å². The Kier molecular flexibility index (Phi) is 24.4. The van der Waals surface area contributed by atoms with Crippen molar-refractivity contribution in [1.82, 2.24) is 42.5 Å². The van der Waals surface area contributed by atoms with Crippen LogP contribution in [0.5, 0.6) is 5.75 Å². The van der Waals surface area contributed by atoms with Gasteiger partial charge in [-0.05, 0) is 75.8 Å². The van der Waals surface area contributed by atoms with Gasteiger partial charge in [0.05, 0.1) is 13.2 Å². The molecule has 0 radical (unpaired) electrons. The first-order valence-corrected chi connectivity index (χ1v) is 25.1. The van der Waals surface area contributed by atoms with Gasteiger partial charge >= 0.3 is 0 Å². The number of aliphatic hydroxyl groups is 1. The maximum Gasteiger partial charge on any atom is 0.245 e. The number of unbranched alkanes of at least 4 members (excludes halogenated alkanes) is 1. The molecule has 1 heterocycles. The lowest BCUT2D eigenvalue weighted by Crippen LogP contribution is -2.61. The lowest BCUT2D eigenvalue weighted by Gasteiger charge is -2.34. The van der Waals surface area contributed by atoms with Crippen LogP contribution in [0.4, 0.5) is 0 Å². The second-order valence-electron chi connectivity index (χ2n) is 17.1. The average molecular weight is 1030 g/mol. The van der Waals surface area contributed by atoms with Gasteiger partial charge in [-0.3, -0.25) is 48.1 Å². The molecular weight excluding hydrogens is 963 g/mol. The lowest BCUT2D eigenvalue weighted by molar-refractivity contribution is -0.135. The van der Waals surface area contributed by atoms with Gasteiger partial charge in [-0.2, -0.15) is 0 Å². The van der Waals surface area contributed by atoms with Gasteiger partial charge in [0.25, 0.3) is 0 Å². The molecule has 2 aromatic rings. The maximum absolute atomic E-state index is 14.5. The van der Waals surface area contributed by atoms with Crippen LogP contribution in [-0.2, 0) is 56.0 Å². The predicted octanol–water partition coefficient (Wildman–Crippen LogP) is -3.46. The lowest BCUT2D eigenvalue weighted by atomic mass is 10.00. The number of nitrogens with one attached hydrogen (secondary N) is 8. The minimum atomic E-state index is -1.64. The first kappa shape index (κ1) is 58.7. The Hall–Kier alpha value is -6.64. The molecule has 1 aliphatic heterocycles. The molecule has 18 N–H and O–H groups in total. The summed E-state index contributed by atoms with van der Waals surface area (Å²) in [6.07, 6.45) is 0.911. The zero-order chi connectivity index (χ0) is 52.7. The maximum atomic E-state index is 14.5. The molecule has 1 fully saturated rings. The minimum absolute atomic E-state index is 0.0457. The van der Waals surface area contributed by atoms with Crippen molar-refractivity contribution in [3.63, 3.8) is 0 Å². The number of amides is 9. The second-order valence-corrected chi connectivity index (χ2v) is 20.1. The normalized spacial score (nSPS) is 21.3. The summed E-state index contributed by atoms with van der Waals surface area (Å²) >= 11 is 0. The summed E-state index contributed by atoms with van der Waals surface area (Å²) in [6, 6.07) is 4.59. The zero-order valence-electron chi connectivity index (χ0n) is 39.9. The van der Waals surface area contributed by atoms with Gasteiger partial charge in [0, 0.05) is 36.8 Å². The smallest absolute Gasteiger partial charge is 0.245 e. The number of hydrogen-bond acceptors (Lipinski definition) is 15. The topological polar surface area (TPSA) is 407 Å². The van der Waals surface area contributed by atoms with Gasteiger partial charge in [0.1, 0.15) is 48.0 Å². The molecule has 0 saturated carbocycles. The largest absolute Gasteiger partial charge is 0.508 e. The van der Waals surface area contributed by atoms with E-state index in [-0.39, 0.29) is 62.7 Å². The summed E-state index contributed by atoms with van der Waals surface area (Å²) in [4.78, 5) is 127. The number of nitrogens with zero attached hydrogens (tertiary/aromatic N) is 1. The number of primary amides is 1. The number of guanidine groups is 1. The fourth-order valence-electron chi connectivity index (χ4n) is 7.00. The molecule has 1 saturated heterocycles. The number of rotatable bonds is 19. The van der Waals surface area contributed by atoms with Crippen LogP contribution in [0.2, 0.25) is 0 Å². The Morgan fingerprint density at radius 2 is 1.38 bits per heavy atom. The molecule has 0 unspecified atom stereocenters. The summed E-state index contributed by atoms with van der Waals surface area (Å²) in [5, 5.41) is 40.7. The Balaban J connectivity index is 2.09. The van der Waals surface area contributed by atoms with E-state index in [9.17, 15) is 53.4 Å². The van der Waals surface area contributed by atoms with Gasteiger partial charge in [0.2, 0.25) is 53.2 Å². The molecule has 390 valence electrons. The van der Waals surface area contributed by atoms with Crippen molar-refractivity contribution in [1.29, 1.82) is 0 Å². The minimum Gasteiger partial charge on any atom is -0.508 e.